The first-order valence-corrected chi connectivity index (χ1v) is 11.5. The first-order chi connectivity index (χ1) is 15.8. The molecule has 3 aromatic rings. The predicted octanol–water partition coefficient (Wildman–Crippen LogP) is 4.26. The quantitative estimate of drug-likeness (QED) is 0.420. The highest BCUT2D eigenvalue weighted by atomic mass is 35.5. The molecule has 3 rings (SSSR count). The molecule has 1 heterocycles. The smallest absolute Gasteiger partial charge is 0.338 e. The van der Waals surface area contributed by atoms with E-state index in [9.17, 15) is 14.4 Å². The Kier molecular flexibility index (Phi) is 8.49. The molecule has 8 nitrogen and oxygen atoms in total. The van der Waals surface area contributed by atoms with Gasteiger partial charge in [0.25, 0.3) is 5.91 Å². The minimum absolute atomic E-state index is 0.150. The number of rotatable bonds is 8. The van der Waals surface area contributed by atoms with Gasteiger partial charge in [-0.05, 0) is 50.2 Å². The number of halogens is 2. The minimum atomic E-state index is -0.587. The fourth-order valence-electron chi connectivity index (χ4n) is 2.86. The molecule has 0 saturated carbocycles. The Morgan fingerprint density at radius 1 is 1.03 bits per heavy atom. The van der Waals surface area contributed by atoms with Crippen molar-refractivity contribution in [2.75, 3.05) is 19.8 Å². The molecule has 0 aliphatic heterocycles. The molecular formula is C22H20Cl2N2O6S. The van der Waals surface area contributed by atoms with E-state index >= 15 is 0 Å². The molecule has 0 spiro atoms. The first kappa shape index (κ1) is 24.8. The third-order valence-corrected chi connectivity index (χ3v) is 5.82. The Balaban J connectivity index is 1.93. The van der Waals surface area contributed by atoms with Gasteiger partial charge in [0, 0.05) is 5.02 Å². The number of carbonyl (C=O) groups is 3. The Morgan fingerprint density at radius 3 is 2.48 bits per heavy atom. The topological polar surface area (TPSA) is 96.2 Å². The first-order valence-electron chi connectivity index (χ1n) is 9.94. The Hall–Kier alpha value is -2.88. The number of aromatic nitrogens is 1. The number of hydrogen-bond donors (Lipinski definition) is 0. The van der Waals surface area contributed by atoms with Gasteiger partial charge in [-0.3, -0.25) is 9.59 Å². The van der Waals surface area contributed by atoms with Crippen LogP contribution >= 0.6 is 34.5 Å². The number of carbonyl (C=O) groups excluding carboxylic acids is 3. The SMILES string of the molecule is CCOC(=O)Cn1c(=NC(=O)COc2ccc(Cl)cc2Cl)sc2cc(C(=O)OCC)ccc21. The zero-order chi connectivity index (χ0) is 24.0. The van der Waals surface area contributed by atoms with E-state index in [1.807, 2.05) is 0 Å². The van der Waals surface area contributed by atoms with Crippen LogP contribution in [0.5, 0.6) is 5.75 Å². The summed E-state index contributed by atoms with van der Waals surface area (Å²) in [4.78, 5) is 41.1. The van der Waals surface area contributed by atoms with Gasteiger partial charge in [0.2, 0.25) is 0 Å². The van der Waals surface area contributed by atoms with Crippen LogP contribution in [-0.4, -0.2) is 42.2 Å². The van der Waals surface area contributed by atoms with Crippen LogP contribution in [0.25, 0.3) is 10.2 Å². The predicted molar refractivity (Wildman–Crippen MR) is 125 cm³/mol. The average Bonchev–Trinajstić information content (AvgIpc) is 3.09. The summed E-state index contributed by atoms with van der Waals surface area (Å²) >= 11 is 13.1. The fraction of sp³-hybridized carbons (Fsp3) is 0.273. The Bertz CT molecular complexity index is 1270. The summed E-state index contributed by atoms with van der Waals surface area (Å²) in [7, 11) is 0. The Labute approximate surface area is 203 Å². The van der Waals surface area contributed by atoms with Crippen LogP contribution in [0.3, 0.4) is 0 Å². The van der Waals surface area contributed by atoms with Gasteiger partial charge in [-0.15, -0.1) is 0 Å². The maximum absolute atomic E-state index is 12.5. The second-order valence-corrected chi connectivity index (χ2v) is 8.40. The number of benzene rings is 2. The molecule has 0 N–H and O–H groups in total. The molecular weight excluding hydrogens is 491 g/mol. The van der Waals surface area contributed by atoms with Crippen molar-refractivity contribution in [1.29, 1.82) is 0 Å². The van der Waals surface area contributed by atoms with Crippen molar-refractivity contribution in [2.24, 2.45) is 4.99 Å². The maximum atomic E-state index is 12.5. The molecule has 0 fully saturated rings. The lowest BCUT2D eigenvalue weighted by molar-refractivity contribution is -0.143. The number of hydrogen-bond acceptors (Lipinski definition) is 7. The van der Waals surface area contributed by atoms with Crippen LogP contribution in [0.1, 0.15) is 24.2 Å². The summed E-state index contributed by atoms with van der Waals surface area (Å²) in [6.45, 7) is 3.36. The van der Waals surface area contributed by atoms with E-state index in [2.05, 4.69) is 4.99 Å². The van der Waals surface area contributed by atoms with E-state index < -0.39 is 17.8 Å². The summed E-state index contributed by atoms with van der Waals surface area (Å²) in [5.74, 6) is -1.24. The largest absolute Gasteiger partial charge is 0.482 e. The summed E-state index contributed by atoms with van der Waals surface area (Å²) in [6, 6.07) is 9.53. The van der Waals surface area contributed by atoms with Gasteiger partial charge in [-0.1, -0.05) is 34.5 Å². The lowest BCUT2D eigenvalue weighted by Crippen LogP contribution is -2.24. The molecule has 1 aromatic heterocycles. The van der Waals surface area contributed by atoms with Crippen molar-refractivity contribution in [2.45, 2.75) is 20.4 Å². The van der Waals surface area contributed by atoms with E-state index in [1.54, 1.807) is 48.7 Å². The Morgan fingerprint density at radius 2 is 1.79 bits per heavy atom. The summed E-state index contributed by atoms with van der Waals surface area (Å²) in [6.07, 6.45) is 0. The van der Waals surface area contributed by atoms with Crippen molar-refractivity contribution >= 4 is 62.6 Å². The molecule has 0 radical (unpaired) electrons. The normalized spacial score (nSPS) is 11.5. The van der Waals surface area contributed by atoms with Gasteiger partial charge in [0.15, 0.2) is 11.4 Å². The molecule has 0 aliphatic carbocycles. The van der Waals surface area contributed by atoms with Crippen LogP contribution in [0.2, 0.25) is 10.0 Å². The number of ether oxygens (including phenoxy) is 3. The summed E-state index contributed by atoms with van der Waals surface area (Å²) in [5, 5.41) is 0.705. The van der Waals surface area contributed by atoms with E-state index in [4.69, 9.17) is 37.4 Å². The van der Waals surface area contributed by atoms with Crippen molar-refractivity contribution in [3.05, 3.63) is 56.8 Å². The highest BCUT2D eigenvalue weighted by Gasteiger charge is 2.15. The van der Waals surface area contributed by atoms with Crippen molar-refractivity contribution < 1.29 is 28.6 Å². The lowest BCUT2D eigenvalue weighted by atomic mass is 10.2. The summed E-state index contributed by atoms with van der Waals surface area (Å²) in [5.41, 5.74) is 0.974. The molecule has 0 unspecified atom stereocenters. The summed E-state index contributed by atoms with van der Waals surface area (Å²) < 4.78 is 17.7. The van der Waals surface area contributed by atoms with Crippen LogP contribution < -0.4 is 9.54 Å². The molecule has 0 bridgehead atoms. The van der Waals surface area contributed by atoms with Gasteiger partial charge in [-0.25, -0.2) is 4.79 Å². The number of thiazole rings is 1. The van der Waals surface area contributed by atoms with Gasteiger partial charge in [0.1, 0.15) is 12.3 Å². The third-order valence-electron chi connectivity index (χ3n) is 4.25. The standard InChI is InChI=1S/C22H20Cl2N2O6S/c1-3-30-20(28)11-26-16-7-5-13(21(29)31-4-2)9-18(16)33-22(26)25-19(27)12-32-17-8-6-14(23)10-15(17)24/h5-10H,3-4,11-12H2,1-2H3. The number of amides is 1. The zero-order valence-corrected chi connectivity index (χ0v) is 20.1. The van der Waals surface area contributed by atoms with Crippen molar-refractivity contribution in [1.82, 2.24) is 4.57 Å². The second-order valence-electron chi connectivity index (χ2n) is 6.55. The van der Waals surface area contributed by atoms with Gasteiger partial charge >= 0.3 is 11.9 Å². The molecule has 174 valence electrons. The van der Waals surface area contributed by atoms with Crippen molar-refractivity contribution in [3.8, 4) is 5.75 Å². The molecule has 2 aromatic carbocycles. The molecule has 0 saturated heterocycles. The van der Waals surface area contributed by atoms with Crippen LogP contribution in [-0.2, 0) is 25.6 Å². The van der Waals surface area contributed by atoms with Gasteiger partial charge < -0.3 is 18.8 Å². The minimum Gasteiger partial charge on any atom is -0.482 e. The number of esters is 2. The molecule has 33 heavy (non-hydrogen) atoms. The fourth-order valence-corrected chi connectivity index (χ4v) is 4.41. The van der Waals surface area contributed by atoms with Crippen LogP contribution in [0.4, 0.5) is 0 Å². The van der Waals surface area contributed by atoms with Gasteiger partial charge in [-0.2, -0.15) is 4.99 Å². The van der Waals surface area contributed by atoms with E-state index in [-0.39, 0.29) is 36.2 Å². The van der Waals surface area contributed by atoms with E-state index in [0.717, 1.165) is 11.3 Å². The van der Waals surface area contributed by atoms with Crippen molar-refractivity contribution in [3.63, 3.8) is 0 Å². The molecule has 0 aliphatic rings. The monoisotopic (exact) mass is 510 g/mol. The highest BCUT2D eigenvalue weighted by molar-refractivity contribution is 7.16. The second kappa shape index (κ2) is 11.3. The van der Waals surface area contributed by atoms with E-state index in [0.29, 0.717) is 26.6 Å². The van der Waals surface area contributed by atoms with E-state index in [1.165, 1.54) is 6.07 Å². The lowest BCUT2D eigenvalue weighted by Gasteiger charge is -2.07. The maximum Gasteiger partial charge on any atom is 0.338 e. The molecule has 1 amide bonds. The number of nitrogens with zero attached hydrogens (tertiary/aromatic N) is 2. The van der Waals surface area contributed by atoms with Crippen LogP contribution in [0.15, 0.2) is 41.4 Å². The molecule has 0 atom stereocenters. The van der Waals surface area contributed by atoms with Gasteiger partial charge in [0.05, 0.1) is 34.0 Å². The van der Waals surface area contributed by atoms with Crippen LogP contribution in [0, 0.1) is 0 Å². The zero-order valence-electron chi connectivity index (χ0n) is 17.8. The highest BCUT2D eigenvalue weighted by Crippen LogP contribution is 2.27. The average molecular weight is 511 g/mol. The number of fused-ring (bicyclic) bond motifs is 1. The molecule has 11 heteroatoms. The third kappa shape index (κ3) is 6.34.